The third-order valence-corrected chi connectivity index (χ3v) is 14.4. The summed E-state index contributed by atoms with van der Waals surface area (Å²) in [5, 5.41) is 0. The lowest BCUT2D eigenvalue weighted by molar-refractivity contribution is -0.167. The van der Waals surface area contributed by atoms with Gasteiger partial charge in [-0.1, -0.05) is 295 Å². The van der Waals surface area contributed by atoms with Crippen LogP contribution in [0.25, 0.3) is 0 Å². The molecule has 0 fully saturated rings. The molecule has 1 unspecified atom stereocenters. The molecule has 0 saturated heterocycles. The van der Waals surface area contributed by atoms with Crippen molar-refractivity contribution >= 4 is 17.9 Å². The van der Waals surface area contributed by atoms with Crippen LogP contribution in [0.5, 0.6) is 0 Å². The van der Waals surface area contributed by atoms with Gasteiger partial charge in [0.05, 0.1) is 0 Å². The molecule has 0 aromatic carbocycles. The molecular formula is C65H122O6. The van der Waals surface area contributed by atoms with Crippen LogP contribution in [0.2, 0.25) is 0 Å². The highest BCUT2D eigenvalue weighted by Crippen LogP contribution is 2.18. The summed E-state index contributed by atoms with van der Waals surface area (Å²) in [4.78, 5) is 38.2. The molecule has 0 aliphatic rings. The normalized spacial score (nSPS) is 12.1. The Hall–Kier alpha value is -2.11. The van der Waals surface area contributed by atoms with Gasteiger partial charge in [-0.2, -0.15) is 0 Å². The van der Waals surface area contributed by atoms with Crippen LogP contribution in [0.3, 0.4) is 0 Å². The van der Waals surface area contributed by atoms with Crippen molar-refractivity contribution in [1.29, 1.82) is 0 Å². The number of unbranched alkanes of at least 4 members (excludes halogenated alkanes) is 44. The monoisotopic (exact) mass is 999 g/mol. The summed E-state index contributed by atoms with van der Waals surface area (Å²) in [6.07, 6.45) is 72.0. The van der Waals surface area contributed by atoms with Crippen molar-refractivity contribution in [2.75, 3.05) is 13.2 Å². The van der Waals surface area contributed by atoms with E-state index in [4.69, 9.17) is 14.2 Å². The van der Waals surface area contributed by atoms with Crippen molar-refractivity contribution in [3.63, 3.8) is 0 Å². The second kappa shape index (κ2) is 60.4. The number of hydrogen-bond acceptors (Lipinski definition) is 6. The van der Waals surface area contributed by atoms with Gasteiger partial charge in [0.25, 0.3) is 0 Å². The average Bonchev–Trinajstić information content (AvgIpc) is 3.37. The molecule has 0 radical (unpaired) electrons. The fraction of sp³-hybridized carbons (Fsp3) is 0.892. The first-order valence-corrected chi connectivity index (χ1v) is 31.8. The maximum Gasteiger partial charge on any atom is 0.306 e. The van der Waals surface area contributed by atoms with Gasteiger partial charge in [-0.25, -0.2) is 0 Å². The number of carbonyl (C=O) groups is 3. The van der Waals surface area contributed by atoms with E-state index < -0.39 is 6.10 Å². The van der Waals surface area contributed by atoms with Crippen LogP contribution in [0.15, 0.2) is 24.3 Å². The van der Waals surface area contributed by atoms with Gasteiger partial charge in [-0.3, -0.25) is 14.4 Å². The van der Waals surface area contributed by atoms with E-state index in [1.54, 1.807) is 0 Å². The van der Waals surface area contributed by atoms with Gasteiger partial charge < -0.3 is 14.2 Å². The molecule has 0 bridgehead atoms. The van der Waals surface area contributed by atoms with Gasteiger partial charge >= 0.3 is 17.9 Å². The van der Waals surface area contributed by atoms with Gasteiger partial charge in [0.15, 0.2) is 6.10 Å². The Morgan fingerprint density at radius 2 is 0.493 bits per heavy atom. The molecule has 0 aliphatic carbocycles. The number of ether oxygens (including phenoxy) is 3. The lowest BCUT2D eigenvalue weighted by Gasteiger charge is -2.18. The van der Waals surface area contributed by atoms with E-state index in [0.29, 0.717) is 19.3 Å². The maximum atomic E-state index is 12.9. The number of rotatable bonds is 59. The predicted molar refractivity (Wildman–Crippen MR) is 307 cm³/mol. The number of carbonyl (C=O) groups excluding carboxylic acids is 3. The highest BCUT2D eigenvalue weighted by Gasteiger charge is 2.19. The minimum absolute atomic E-state index is 0.0696. The molecule has 0 aromatic rings. The Kier molecular flexibility index (Phi) is 58.6. The van der Waals surface area contributed by atoms with E-state index in [-0.39, 0.29) is 31.1 Å². The first-order chi connectivity index (χ1) is 35.0. The standard InChI is InChI=1S/C65H122O6/c1-4-7-10-13-16-19-22-24-26-28-30-32-33-34-36-37-39-41-43-46-49-52-55-58-64(67)70-61-62(60-69-63(66)57-54-51-48-45-21-18-15-12-9-6-3)71-65(68)59-56-53-50-47-44-42-40-38-35-31-29-27-25-23-20-17-14-11-8-5-2/h12,15,28,30,62H,4-11,13-14,16-27,29,31-61H2,1-3H3/b15-12-,30-28-. The number of esters is 3. The Bertz CT molecular complexity index is 1150. The molecule has 6 nitrogen and oxygen atoms in total. The van der Waals surface area contributed by atoms with Gasteiger partial charge in [0, 0.05) is 19.3 Å². The Morgan fingerprint density at radius 1 is 0.268 bits per heavy atom. The summed E-state index contributed by atoms with van der Waals surface area (Å²) in [6.45, 7) is 6.63. The second-order valence-corrected chi connectivity index (χ2v) is 21.7. The lowest BCUT2D eigenvalue weighted by Crippen LogP contribution is -2.30. The summed E-state index contributed by atoms with van der Waals surface area (Å²) in [6, 6.07) is 0. The highest BCUT2D eigenvalue weighted by molar-refractivity contribution is 5.71. The van der Waals surface area contributed by atoms with E-state index in [2.05, 4.69) is 45.1 Å². The van der Waals surface area contributed by atoms with Crippen LogP contribution in [-0.2, 0) is 28.6 Å². The summed E-state index contributed by atoms with van der Waals surface area (Å²) in [5.41, 5.74) is 0. The Morgan fingerprint density at radius 3 is 0.761 bits per heavy atom. The molecule has 0 saturated carbocycles. The van der Waals surface area contributed by atoms with Crippen LogP contribution in [0, 0.1) is 0 Å². The van der Waals surface area contributed by atoms with Gasteiger partial charge in [0.2, 0.25) is 0 Å². The molecule has 0 spiro atoms. The third-order valence-electron chi connectivity index (χ3n) is 14.4. The predicted octanol–water partition coefficient (Wildman–Crippen LogP) is 21.4. The van der Waals surface area contributed by atoms with E-state index in [1.807, 2.05) is 0 Å². The van der Waals surface area contributed by atoms with Gasteiger partial charge in [-0.05, 0) is 64.2 Å². The second-order valence-electron chi connectivity index (χ2n) is 21.7. The van der Waals surface area contributed by atoms with E-state index >= 15 is 0 Å². The van der Waals surface area contributed by atoms with Gasteiger partial charge in [-0.15, -0.1) is 0 Å². The quantitative estimate of drug-likeness (QED) is 0.0261. The molecule has 71 heavy (non-hydrogen) atoms. The highest BCUT2D eigenvalue weighted by atomic mass is 16.6. The minimum Gasteiger partial charge on any atom is -0.462 e. The minimum atomic E-state index is -0.771. The zero-order valence-electron chi connectivity index (χ0n) is 48.0. The summed E-state index contributed by atoms with van der Waals surface area (Å²) < 4.78 is 16.9. The van der Waals surface area contributed by atoms with E-state index in [1.165, 1.54) is 244 Å². The van der Waals surface area contributed by atoms with Crippen molar-refractivity contribution in [1.82, 2.24) is 0 Å². The van der Waals surface area contributed by atoms with Crippen molar-refractivity contribution in [2.45, 2.75) is 361 Å². The zero-order chi connectivity index (χ0) is 51.4. The fourth-order valence-corrected chi connectivity index (χ4v) is 9.62. The molecular weight excluding hydrogens is 877 g/mol. The van der Waals surface area contributed by atoms with Crippen molar-refractivity contribution in [2.24, 2.45) is 0 Å². The molecule has 0 aliphatic heterocycles. The van der Waals surface area contributed by atoms with Crippen LogP contribution in [0.1, 0.15) is 355 Å². The van der Waals surface area contributed by atoms with E-state index in [0.717, 1.165) is 70.6 Å². The SMILES string of the molecule is CCC/C=C\CCCCCCCC(=O)OCC(COC(=O)CCCCCCCCCCCCC/C=C\CCCCCCCCCC)OC(=O)CCCCCCCCCCCCCCCCCCCCCC. The molecule has 0 rings (SSSR count). The van der Waals surface area contributed by atoms with Crippen LogP contribution >= 0.6 is 0 Å². The van der Waals surface area contributed by atoms with Crippen molar-refractivity contribution < 1.29 is 28.6 Å². The summed E-state index contributed by atoms with van der Waals surface area (Å²) in [7, 11) is 0. The van der Waals surface area contributed by atoms with Crippen LogP contribution in [0.4, 0.5) is 0 Å². The fourth-order valence-electron chi connectivity index (χ4n) is 9.62. The average molecular weight is 1000 g/mol. The maximum absolute atomic E-state index is 12.9. The molecule has 6 heteroatoms. The first-order valence-electron chi connectivity index (χ1n) is 31.8. The Balaban J connectivity index is 4.19. The molecule has 0 heterocycles. The van der Waals surface area contributed by atoms with Crippen molar-refractivity contribution in [3.8, 4) is 0 Å². The topological polar surface area (TPSA) is 78.9 Å². The summed E-state index contributed by atoms with van der Waals surface area (Å²) >= 11 is 0. The van der Waals surface area contributed by atoms with E-state index in [9.17, 15) is 14.4 Å². The number of allylic oxidation sites excluding steroid dienone is 4. The van der Waals surface area contributed by atoms with Gasteiger partial charge in [0.1, 0.15) is 13.2 Å². The smallest absolute Gasteiger partial charge is 0.306 e. The van der Waals surface area contributed by atoms with Crippen molar-refractivity contribution in [3.05, 3.63) is 24.3 Å². The van der Waals surface area contributed by atoms with Crippen LogP contribution < -0.4 is 0 Å². The summed E-state index contributed by atoms with van der Waals surface area (Å²) in [5.74, 6) is -0.857. The molecule has 0 amide bonds. The van der Waals surface area contributed by atoms with Crippen LogP contribution in [-0.4, -0.2) is 37.2 Å². The molecule has 418 valence electrons. The molecule has 1 atom stereocenters. The molecule has 0 aromatic heterocycles. The number of hydrogen-bond donors (Lipinski definition) is 0. The molecule has 0 N–H and O–H groups in total. The first kappa shape index (κ1) is 68.9. The Labute approximate surface area is 443 Å². The zero-order valence-corrected chi connectivity index (χ0v) is 48.0. The largest absolute Gasteiger partial charge is 0.462 e. The lowest BCUT2D eigenvalue weighted by atomic mass is 10.0. The third kappa shape index (κ3) is 58.7.